The molecule has 26 heavy (non-hydrogen) atoms. The monoisotopic (exact) mass is 377 g/mol. The molecule has 0 fully saturated rings. The van der Waals surface area contributed by atoms with Gasteiger partial charge in [0.1, 0.15) is 5.15 Å². The van der Waals surface area contributed by atoms with Gasteiger partial charge in [0.05, 0.1) is 11.3 Å². The Morgan fingerprint density at radius 1 is 0.923 bits per heavy atom. The van der Waals surface area contributed by atoms with Gasteiger partial charge < -0.3 is 5.43 Å². The fourth-order valence-corrected chi connectivity index (χ4v) is 2.58. The maximum atomic E-state index is 12.9. The van der Waals surface area contributed by atoms with Gasteiger partial charge >= 0.3 is 6.18 Å². The van der Waals surface area contributed by atoms with E-state index in [1.807, 2.05) is 42.5 Å². The van der Waals surface area contributed by atoms with Crippen LogP contribution in [-0.2, 0) is 12.7 Å². The van der Waals surface area contributed by atoms with E-state index in [0.29, 0.717) is 12.1 Å². The van der Waals surface area contributed by atoms with E-state index in [1.165, 1.54) is 0 Å². The number of alkyl halides is 3. The summed E-state index contributed by atoms with van der Waals surface area (Å²) in [6.07, 6.45) is -4.46. The third kappa shape index (κ3) is 4.74. The molecule has 3 aromatic rings. The Bertz CT molecular complexity index is 865. The zero-order chi connectivity index (χ0) is 18.6. The minimum absolute atomic E-state index is 0.187. The van der Waals surface area contributed by atoms with Crippen molar-refractivity contribution in [2.45, 2.75) is 12.7 Å². The van der Waals surface area contributed by atoms with Gasteiger partial charge in [-0.3, -0.25) is 0 Å². The first-order chi connectivity index (χ1) is 12.4. The number of hydrogen-bond acceptors (Lipinski definition) is 3. The van der Waals surface area contributed by atoms with Crippen LogP contribution in [0.3, 0.4) is 0 Å². The third-order valence-corrected chi connectivity index (χ3v) is 3.86. The average Bonchev–Trinajstić information content (AvgIpc) is 2.62. The van der Waals surface area contributed by atoms with Crippen molar-refractivity contribution in [3.05, 3.63) is 83.0 Å². The molecule has 2 aromatic carbocycles. The van der Waals surface area contributed by atoms with Crippen LogP contribution < -0.4 is 10.9 Å². The van der Waals surface area contributed by atoms with Crippen LogP contribution in [0.4, 0.5) is 18.9 Å². The topological polar surface area (TPSA) is 37.0 Å². The normalized spacial score (nSPS) is 11.4. The molecule has 0 unspecified atom stereocenters. The van der Waals surface area contributed by atoms with Crippen LogP contribution >= 0.6 is 11.6 Å². The Kier molecular flexibility index (Phi) is 5.44. The van der Waals surface area contributed by atoms with Crippen LogP contribution in [0.5, 0.6) is 0 Å². The lowest BCUT2D eigenvalue weighted by atomic mass is 10.1. The van der Waals surface area contributed by atoms with E-state index in [1.54, 1.807) is 12.1 Å². The maximum absolute atomic E-state index is 12.9. The van der Waals surface area contributed by atoms with Gasteiger partial charge in [0, 0.05) is 17.8 Å². The van der Waals surface area contributed by atoms with Crippen LogP contribution in [0.25, 0.3) is 11.3 Å². The first kappa shape index (κ1) is 18.2. The fraction of sp³-hybridized carbons (Fsp3) is 0.105. The second-order valence-electron chi connectivity index (χ2n) is 5.60. The number of para-hydroxylation sites is 1. The summed E-state index contributed by atoms with van der Waals surface area (Å²) in [4.78, 5) is 3.99. The highest BCUT2D eigenvalue weighted by molar-refractivity contribution is 6.29. The summed E-state index contributed by atoms with van der Waals surface area (Å²) in [7, 11) is 0. The van der Waals surface area contributed by atoms with Crippen molar-refractivity contribution >= 4 is 17.3 Å². The fourth-order valence-electron chi connectivity index (χ4n) is 2.37. The third-order valence-electron chi connectivity index (χ3n) is 3.67. The van der Waals surface area contributed by atoms with Gasteiger partial charge in [0.25, 0.3) is 0 Å². The van der Waals surface area contributed by atoms with Crippen LogP contribution in [0.2, 0.25) is 5.15 Å². The number of hydrogen-bond donors (Lipinski definition) is 2. The van der Waals surface area contributed by atoms with Gasteiger partial charge in [-0.15, -0.1) is 0 Å². The zero-order valence-corrected chi connectivity index (χ0v) is 14.3. The van der Waals surface area contributed by atoms with Gasteiger partial charge in [0.15, 0.2) is 0 Å². The lowest BCUT2D eigenvalue weighted by molar-refractivity contribution is -0.137. The van der Waals surface area contributed by atoms with E-state index in [9.17, 15) is 13.2 Å². The second kappa shape index (κ2) is 7.76. The van der Waals surface area contributed by atoms with Gasteiger partial charge in [-0.2, -0.15) is 13.2 Å². The summed E-state index contributed by atoms with van der Waals surface area (Å²) in [6.45, 7) is 0.548. The predicted molar refractivity (Wildman–Crippen MR) is 96.6 cm³/mol. The summed E-state index contributed by atoms with van der Waals surface area (Å²) in [5.41, 5.74) is 7.99. The Morgan fingerprint density at radius 3 is 2.27 bits per heavy atom. The molecule has 0 bridgehead atoms. The Labute approximate surface area is 153 Å². The Hall–Kier alpha value is -2.57. The number of anilines is 1. The molecule has 0 radical (unpaired) electrons. The maximum Gasteiger partial charge on any atom is 0.416 e. The van der Waals surface area contributed by atoms with E-state index >= 15 is 0 Å². The Morgan fingerprint density at radius 2 is 1.62 bits per heavy atom. The van der Waals surface area contributed by atoms with Crippen LogP contribution in [0.1, 0.15) is 11.1 Å². The predicted octanol–water partition coefficient (Wildman–Crippen LogP) is 5.54. The summed E-state index contributed by atoms with van der Waals surface area (Å²) < 4.78 is 38.7. The molecule has 0 spiro atoms. The number of halogens is 4. The Balaban J connectivity index is 1.69. The van der Waals surface area contributed by atoms with Crippen molar-refractivity contribution in [3.63, 3.8) is 0 Å². The molecule has 0 aliphatic heterocycles. The van der Waals surface area contributed by atoms with Crippen molar-refractivity contribution in [2.24, 2.45) is 0 Å². The minimum Gasteiger partial charge on any atom is -0.321 e. The number of hydrazine groups is 1. The van der Waals surface area contributed by atoms with Gasteiger partial charge in [-0.1, -0.05) is 54.1 Å². The number of nitrogens with zero attached hydrogens (tertiary/aromatic N) is 1. The van der Waals surface area contributed by atoms with Crippen molar-refractivity contribution in [2.75, 3.05) is 5.43 Å². The molecule has 0 aliphatic rings. The van der Waals surface area contributed by atoms with Crippen molar-refractivity contribution in [3.8, 4) is 11.3 Å². The summed E-state index contributed by atoms with van der Waals surface area (Å²) in [5.74, 6) is 0. The molecule has 3 rings (SSSR count). The summed E-state index contributed by atoms with van der Waals surface area (Å²) in [6, 6.07) is 18.5. The SMILES string of the molecule is FC(F)(F)c1cc(Cl)nc(-c2ccc(CNNc3ccccc3)cc2)c1. The zero-order valence-electron chi connectivity index (χ0n) is 13.5. The molecule has 1 aromatic heterocycles. The number of benzene rings is 2. The van der Waals surface area contributed by atoms with Gasteiger partial charge in [-0.05, 0) is 29.8 Å². The van der Waals surface area contributed by atoms with E-state index < -0.39 is 11.7 Å². The van der Waals surface area contributed by atoms with Gasteiger partial charge in [0.2, 0.25) is 0 Å². The van der Waals surface area contributed by atoms with E-state index in [-0.39, 0.29) is 10.8 Å². The number of rotatable bonds is 5. The molecule has 0 atom stereocenters. The molecular formula is C19H15ClF3N3. The standard InChI is InChI=1S/C19H15ClF3N3/c20-18-11-15(19(21,22)23)10-17(25-18)14-8-6-13(7-9-14)12-24-26-16-4-2-1-3-5-16/h1-11,24,26H,12H2. The number of aromatic nitrogens is 1. The summed E-state index contributed by atoms with van der Waals surface area (Å²) >= 11 is 5.73. The lowest BCUT2D eigenvalue weighted by Crippen LogP contribution is -2.20. The van der Waals surface area contributed by atoms with Crippen molar-refractivity contribution < 1.29 is 13.2 Å². The summed E-state index contributed by atoms with van der Waals surface area (Å²) in [5, 5.41) is -0.187. The van der Waals surface area contributed by atoms with Crippen molar-refractivity contribution in [1.82, 2.24) is 10.4 Å². The van der Waals surface area contributed by atoms with Crippen LogP contribution in [0.15, 0.2) is 66.7 Å². The quantitative estimate of drug-likeness (QED) is 0.453. The molecule has 0 amide bonds. The highest BCUT2D eigenvalue weighted by Gasteiger charge is 2.31. The first-order valence-electron chi connectivity index (χ1n) is 7.80. The molecule has 0 aliphatic carbocycles. The van der Waals surface area contributed by atoms with E-state index in [0.717, 1.165) is 23.4 Å². The van der Waals surface area contributed by atoms with Gasteiger partial charge in [-0.25, -0.2) is 10.4 Å². The van der Waals surface area contributed by atoms with E-state index in [4.69, 9.17) is 11.6 Å². The lowest BCUT2D eigenvalue weighted by Gasteiger charge is -2.11. The van der Waals surface area contributed by atoms with Crippen molar-refractivity contribution in [1.29, 1.82) is 0 Å². The number of pyridine rings is 1. The van der Waals surface area contributed by atoms with E-state index in [2.05, 4.69) is 15.8 Å². The first-order valence-corrected chi connectivity index (χ1v) is 8.17. The largest absolute Gasteiger partial charge is 0.416 e. The molecule has 0 saturated carbocycles. The smallest absolute Gasteiger partial charge is 0.321 e. The second-order valence-corrected chi connectivity index (χ2v) is 5.99. The molecule has 3 nitrogen and oxygen atoms in total. The molecular weight excluding hydrogens is 363 g/mol. The molecule has 1 heterocycles. The molecule has 134 valence electrons. The molecule has 2 N–H and O–H groups in total. The average molecular weight is 378 g/mol. The van der Waals surface area contributed by atoms with Crippen LogP contribution in [0, 0.1) is 0 Å². The molecule has 7 heteroatoms. The molecule has 0 saturated heterocycles. The highest BCUT2D eigenvalue weighted by Crippen LogP contribution is 2.33. The minimum atomic E-state index is -4.46. The highest BCUT2D eigenvalue weighted by atomic mass is 35.5. The number of nitrogens with one attached hydrogen (secondary N) is 2. The van der Waals surface area contributed by atoms with Crippen LogP contribution in [-0.4, -0.2) is 4.98 Å².